The maximum atomic E-state index is 3.20. The van der Waals surface area contributed by atoms with E-state index in [4.69, 9.17) is 0 Å². The van der Waals surface area contributed by atoms with Gasteiger partial charge in [0.2, 0.25) is 0 Å². The van der Waals surface area contributed by atoms with Crippen molar-refractivity contribution in [3.05, 3.63) is 11.6 Å². The maximum absolute atomic E-state index is 3.20. The SMILES string of the molecule is CC(C)=CC([PH](C1CCCC1)(C1CCCC1)C1CCCC1)[PH](C1CCCC1)(C1CCCC1)C1CCCC1. The Morgan fingerprint density at radius 2 is 0.595 bits per heavy atom. The number of hydrogen-bond donors (Lipinski definition) is 0. The molecular weight excluding hydrogens is 482 g/mol. The molecule has 214 valence electrons. The normalized spacial score (nSPS) is 30.1. The second-order valence-corrected chi connectivity index (χ2v) is 26.3. The van der Waals surface area contributed by atoms with Gasteiger partial charge in [-0.15, -0.1) is 0 Å². The van der Waals surface area contributed by atoms with Crippen LogP contribution >= 0.6 is 14.5 Å². The van der Waals surface area contributed by atoms with Crippen LogP contribution in [0.25, 0.3) is 0 Å². The first-order valence-corrected chi connectivity index (χ1v) is 22.4. The fraction of sp³-hybridized carbons (Fsp3) is 0.943. The van der Waals surface area contributed by atoms with Gasteiger partial charge in [0.05, 0.1) is 0 Å². The molecule has 0 unspecified atom stereocenters. The van der Waals surface area contributed by atoms with E-state index >= 15 is 0 Å². The van der Waals surface area contributed by atoms with Gasteiger partial charge in [0.1, 0.15) is 0 Å². The van der Waals surface area contributed by atoms with Crippen molar-refractivity contribution >= 4 is 14.5 Å². The Labute approximate surface area is 233 Å². The molecule has 0 N–H and O–H groups in total. The third kappa shape index (κ3) is 4.90. The van der Waals surface area contributed by atoms with Crippen LogP contribution in [0.15, 0.2) is 11.6 Å². The molecule has 37 heavy (non-hydrogen) atoms. The summed E-state index contributed by atoms with van der Waals surface area (Å²) in [6.45, 7) is 5.11. The van der Waals surface area contributed by atoms with Crippen molar-refractivity contribution in [1.29, 1.82) is 0 Å². The Morgan fingerprint density at radius 1 is 0.405 bits per heavy atom. The molecule has 0 heterocycles. The summed E-state index contributed by atoms with van der Waals surface area (Å²) in [5.41, 5.74) is 8.98. The Morgan fingerprint density at radius 3 is 0.757 bits per heavy atom. The van der Waals surface area contributed by atoms with E-state index in [2.05, 4.69) is 19.9 Å². The molecule has 0 aromatic carbocycles. The van der Waals surface area contributed by atoms with E-state index in [0.717, 1.165) is 5.40 Å². The summed E-state index contributed by atoms with van der Waals surface area (Å²) in [6, 6.07) is 0. The number of hydrogen-bond acceptors (Lipinski definition) is 0. The first-order chi connectivity index (χ1) is 18.2. The second kappa shape index (κ2) is 12.2. The van der Waals surface area contributed by atoms with Gasteiger partial charge in [0.15, 0.2) is 0 Å². The van der Waals surface area contributed by atoms with Crippen LogP contribution in [0.3, 0.4) is 0 Å². The van der Waals surface area contributed by atoms with Crippen molar-refractivity contribution < 1.29 is 0 Å². The second-order valence-electron chi connectivity index (χ2n) is 15.6. The van der Waals surface area contributed by atoms with Gasteiger partial charge in [0, 0.05) is 0 Å². The van der Waals surface area contributed by atoms with Gasteiger partial charge in [-0.1, -0.05) is 0 Å². The molecule has 0 radical (unpaired) electrons. The van der Waals surface area contributed by atoms with Crippen LogP contribution in [0.4, 0.5) is 0 Å². The van der Waals surface area contributed by atoms with Gasteiger partial charge < -0.3 is 0 Å². The molecule has 0 saturated heterocycles. The molecule has 6 fully saturated rings. The van der Waals surface area contributed by atoms with E-state index < -0.39 is 14.5 Å². The van der Waals surface area contributed by atoms with Crippen LogP contribution in [0, 0.1) is 0 Å². The molecule has 0 nitrogen and oxygen atoms in total. The van der Waals surface area contributed by atoms with E-state index in [1.807, 2.05) is 0 Å². The van der Waals surface area contributed by atoms with Crippen LogP contribution in [0.2, 0.25) is 0 Å². The van der Waals surface area contributed by atoms with E-state index in [1.54, 1.807) is 160 Å². The third-order valence-electron chi connectivity index (χ3n) is 14.0. The molecule has 0 aromatic heterocycles. The minimum absolute atomic E-state index is 1.16. The van der Waals surface area contributed by atoms with Gasteiger partial charge in [-0.25, -0.2) is 0 Å². The summed E-state index contributed by atoms with van der Waals surface area (Å²) < 4.78 is 0. The van der Waals surface area contributed by atoms with E-state index in [9.17, 15) is 0 Å². The summed E-state index contributed by atoms with van der Waals surface area (Å²) in [5.74, 6) is 0. The van der Waals surface area contributed by atoms with Gasteiger partial charge in [-0.3, -0.25) is 0 Å². The first kappa shape index (κ1) is 27.8. The third-order valence-corrected chi connectivity index (χ3v) is 31.4. The molecule has 6 rings (SSSR count). The zero-order chi connectivity index (χ0) is 25.3. The molecule has 6 aliphatic carbocycles. The predicted octanol–water partition coefficient (Wildman–Crippen LogP) is 11.4. The molecule has 0 aliphatic heterocycles. The molecule has 0 amide bonds. The molecule has 0 bridgehead atoms. The number of rotatable bonds is 9. The van der Waals surface area contributed by atoms with Gasteiger partial charge in [-0.2, -0.15) is 0 Å². The van der Waals surface area contributed by atoms with Gasteiger partial charge >= 0.3 is 233 Å². The average molecular weight is 547 g/mol. The van der Waals surface area contributed by atoms with Gasteiger partial charge in [-0.05, 0) is 0 Å². The first-order valence-electron chi connectivity index (χ1n) is 17.8. The summed E-state index contributed by atoms with van der Waals surface area (Å²) in [5, 5.41) is 1.16. The van der Waals surface area contributed by atoms with Crippen LogP contribution < -0.4 is 0 Å². The monoisotopic (exact) mass is 546 g/mol. The number of allylic oxidation sites excluding steroid dienone is 2. The van der Waals surface area contributed by atoms with Crippen molar-refractivity contribution in [2.75, 3.05) is 0 Å². The predicted molar refractivity (Wildman–Crippen MR) is 173 cm³/mol. The van der Waals surface area contributed by atoms with E-state index in [1.165, 1.54) is 34.0 Å². The van der Waals surface area contributed by atoms with Crippen molar-refractivity contribution in [1.82, 2.24) is 0 Å². The molecule has 0 aromatic rings. The molecular formula is C35H64P2. The summed E-state index contributed by atoms with van der Waals surface area (Å²) in [6.07, 6.45) is 42.2. The fourth-order valence-corrected chi connectivity index (χ4v) is 37.6. The Kier molecular flexibility index (Phi) is 9.17. The zero-order valence-corrected chi connectivity index (χ0v) is 27.1. The molecule has 2 heteroatoms. The molecule has 6 saturated carbocycles. The molecule has 6 aliphatic rings. The quantitative estimate of drug-likeness (QED) is 0.199. The minimum atomic E-state index is -1.54. The van der Waals surface area contributed by atoms with E-state index in [-0.39, 0.29) is 0 Å². The summed E-state index contributed by atoms with van der Waals surface area (Å²) >= 11 is 0. The Balaban J connectivity index is 1.61. The topological polar surface area (TPSA) is 0 Å². The average Bonchev–Trinajstić information content (AvgIpc) is 3.77. The van der Waals surface area contributed by atoms with Crippen LogP contribution in [-0.4, -0.2) is 39.4 Å². The summed E-state index contributed by atoms with van der Waals surface area (Å²) in [7, 11) is -3.08. The summed E-state index contributed by atoms with van der Waals surface area (Å²) in [4.78, 5) is 0. The Bertz CT molecular complexity index is 607. The van der Waals surface area contributed by atoms with Gasteiger partial charge in [0.25, 0.3) is 0 Å². The zero-order valence-electron chi connectivity index (χ0n) is 25.1. The molecule has 0 atom stereocenters. The van der Waals surface area contributed by atoms with Crippen molar-refractivity contribution in [3.63, 3.8) is 0 Å². The standard InChI is InChI=1S/C35H64P2/c1-28(2)27-35(36(29-15-3-4-16-29,30-17-5-6-18-30)31-19-7-8-20-31)37(32-21-9-10-22-32,33-23-11-12-24-33)34-25-13-14-26-34/h27,29-37H,3-26H2,1-2H3. The van der Waals surface area contributed by atoms with Crippen molar-refractivity contribution in [2.45, 2.75) is 207 Å². The van der Waals surface area contributed by atoms with Crippen molar-refractivity contribution in [3.8, 4) is 0 Å². The Hall–Kier alpha value is 0.600. The van der Waals surface area contributed by atoms with Crippen LogP contribution in [0.5, 0.6) is 0 Å². The van der Waals surface area contributed by atoms with Crippen molar-refractivity contribution in [2.24, 2.45) is 0 Å². The van der Waals surface area contributed by atoms with Crippen LogP contribution in [-0.2, 0) is 0 Å². The molecule has 0 spiro atoms. The fourth-order valence-electron chi connectivity index (χ4n) is 13.1. The van der Waals surface area contributed by atoms with E-state index in [0.29, 0.717) is 0 Å². The van der Waals surface area contributed by atoms with Crippen LogP contribution in [0.1, 0.15) is 168 Å².